The normalized spacial score (nSPS) is 24.8. The van der Waals surface area contributed by atoms with E-state index >= 15 is 0 Å². The number of likely N-dealkylation sites (tertiary alicyclic amines) is 1. The van der Waals surface area contributed by atoms with E-state index in [1.54, 1.807) is 12.0 Å². The van der Waals surface area contributed by atoms with Gasteiger partial charge in [0, 0.05) is 13.7 Å². The number of hydrogen-bond acceptors (Lipinski definition) is 6. The lowest BCUT2D eigenvalue weighted by atomic mass is 10.1. The molecule has 0 aromatic rings. The second-order valence-corrected chi connectivity index (χ2v) is 8.70. The molecule has 1 saturated heterocycles. The van der Waals surface area contributed by atoms with Crippen LogP contribution in [0.3, 0.4) is 0 Å². The molecule has 0 aromatic carbocycles. The molecule has 0 saturated carbocycles. The number of hydrogen-bond donors (Lipinski definition) is 3. The number of aliphatic imine (C=N–C) groups is 1. The second-order valence-electron chi connectivity index (χ2n) is 7.62. The van der Waals surface area contributed by atoms with Crippen molar-refractivity contribution < 1.29 is 14.3 Å². The van der Waals surface area contributed by atoms with Crippen LogP contribution in [-0.2, 0) is 9.47 Å². The van der Waals surface area contributed by atoms with Gasteiger partial charge in [-0.3, -0.25) is 15.8 Å². The molecule has 28 heavy (non-hydrogen) atoms. The molecule has 10 heteroatoms. The highest BCUT2D eigenvalue weighted by Crippen LogP contribution is 2.34. The van der Waals surface area contributed by atoms with Gasteiger partial charge in [0.25, 0.3) is 0 Å². The quantitative estimate of drug-likeness (QED) is 0.229. The number of carbonyl (C=O) groups is 1. The van der Waals surface area contributed by atoms with Crippen LogP contribution < -0.4 is 11.2 Å². The van der Waals surface area contributed by atoms with Gasteiger partial charge in [-0.2, -0.15) is 0 Å². The Balaban J connectivity index is 2.23. The van der Waals surface area contributed by atoms with Crippen LogP contribution in [0.15, 0.2) is 26.0 Å². The third-order valence-corrected chi connectivity index (χ3v) is 5.21. The number of nitrogens with zero attached hydrogens (tertiary/aromatic N) is 3. The summed E-state index contributed by atoms with van der Waals surface area (Å²) < 4.78 is 11.7. The molecule has 2 heterocycles. The fourth-order valence-corrected chi connectivity index (χ4v) is 4.19. The molecule has 2 aliphatic heterocycles. The zero-order valence-corrected chi connectivity index (χ0v) is 19.1. The maximum absolute atomic E-state index is 12.7. The number of methoxy groups -OCH3 is 1. The first-order valence-electron chi connectivity index (χ1n) is 9.06. The molecule has 4 N–H and O–H groups in total. The molecule has 0 aromatic heterocycles. The van der Waals surface area contributed by atoms with E-state index in [9.17, 15) is 4.79 Å². The highest BCUT2D eigenvalue weighted by Gasteiger charge is 2.43. The first-order valence-corrected chi connectivity index (χ1v) is 10.1. The first kappa shape index (κ1) is 22.5. The van der Waals surface area contributed by atoms with E-state index in [1.165, 1.54) is 0 Å². The number of ether oxygens (including phenoxy) is 2. The molecule has 0 unspecified atom stereocenters. The van der Waals surface area contributed by atoms with E-state index < -0.39 is 5.60 Å². The minimum absolute atomic E-state index is 0.00826. The smallest absolute Gasteiger partial charge is 0.410 e. The summed E-state index contributed by atoms with van der Waals surface area (Å²) in [7, 11) is 1.63. The van der Waals surface area contributed by atoms with E-state index in [0.717, 1.165) is 27.7 Å². The van der Waals surface area contributed by atoms with Gasteiger partial charge in [-0.05, 0) is 56.7 Å². The Kier molecular flexibility index (Phi) is 7.32. The van der Waals surface area contributed by atoms with Crippen molar-refractivity contribution in [1.29, 1.82) is 5.41 Å². The molecule has 2 rings (SSSR count). The van der Waals surface area contributed by atoms with Crippen molar-refractivity contribution in [3.8, 4) is 0 Å². The summed E-state index contributed by atoms with van der Waals surface area (Å²) in [5.41, 5.74) is 10.5. The van der Waals surface area contributed by atoms with E-state index in [4.69, 9.17) is 20.6 Å². The van der Waals surface area contributed by atoms with Crippen molar-refractivity contribution in [2.45, 2.75) is 51.8 Å². The molecule has 1 amide bonds. The number of allylic oxidation sites excluding steroid dienone is 1. The number of nitrogens with one attached hydrogen (secondary N) is 2. The minimum atomic E-state index is -0.561. The molecule has 2 atom stereocenters. The highest BCUT2D eigenvalue weighted by molar-refractivity contribution is 14.1. The van der Waals surface area contributed by atoms with Gasteiger partial charge >= 0.3 is 6.09 Å². The van der Waals surface area contributed by atoms with Crippen molar-refractivity contribution in [1.82, 2.24) is 15.3 Å². The monoisotopic (exact) mass is 504 g/mol. The topological polar surface area (TPSA) is 116 Å². The number of rotatable bonds is 5. The SMILES string of the molecule is C/C=C1\C(C(N)=NC=N)=C(I)NN1[C@H]1C[C@H](COC)N(C(=O)OC(C)(C)C)C1. The maximum Gasteiger partial charge on any atom is 0.410 e. The molecule has 1 fully saturated rings. The van der Waals surface area contributed by atoms with Crippen molar-refractivity contribution in [2.75, 3.05) is 20.3 Å². The van der Waals surface area contributed by atoms with Crippen LogP contribution in [0.4, 0.5) is 4.79 Å². The zero-order valence-electron chi connectivity index (χ0n) is 17.0. The van der Waals surface area contributed by atoms with E-state index in [1.807, 2.05) is 38.8 Å². The fraction of sp³-hybridized carbons (Fsp3) is 0.611. The molecule has 0 radical (unpaired) electrons. The van der Waals surface area contributed by atoms with Gasteiger partial charge in [0.05, 0.1) is 30.0 Å². The molecule has 2 aliphatic rings. The van der Waals surface area contributed by atoms with E-state index in [0.29, 0.717) is 13.2 Å². The van der Waals surface area contributed by atoms with Crippen LogP contribution in [-0.4, -0.2) is 66.1 Å². The Morgan fingerprint density at radius 1 is 1.50 bits per heavy atom. The summed E-state index contributed by atoms with van der Waals surface area (Å²) in [6.07, 6.45) is 3.25. The van der Waals surface area contributed by atoms with Crippen molar-refractivity contribution in [3.05, 3.63) is 21.0 Å². The predicted molar refractivity (Wildman–Crippen MR) is 117 cm³/mol. The molecule has 0 aliphatic carbocycles. The average Bonchev–Trinajstić information content (AvgIpc) is 3.14. The average molecular weight is 504 g/mol. The Bertz CT molecular complexity index is 713. The standard InChI is InChI=1S/C18H29IN6O3/c1-6-13-14(16(21)22-10-20)15(19)23-25(13)11-7-12(9-27-5)24(8-11)17(26)28-18(2,3)4/h6,10-12,23H,7-9H2,1-5H3,(H3,20,21,22)/b13-6+/t11-,12+/m0/s1. The number of amides is 1. The Morgan fingerprint density at radius 3 is 2.71 bits per heavy atom. The van der Waals surface area contributed by atoms with Gasteiger partial charge in [-0.1, -0.05) is 6.08 Å². The largest absolute Gasteiger partial charge is 0.444 e. The van der Waals surface area contributed by atoms with E-state index in [2.05, 4.69) is 33.0 Å². The number of halogens is 1. The lowest BCUT2D eigenvalue weighted by Crippen LogP contribution is -2.44. The fourth-order valence-electron chi connectivity index (χ4n) is 3.38. The van der Waals surface area contributed by atoms with Gasteiger partial charge in [0.2, 0.25) is 0 Å². The zero-order chi connectivity index (χ0) is 21.1. The molecule has 156 valence electrons. The lowest BCUT2D eigenvalue weighted by Gasteiger charge is -2.29. The minimum Gasteiger partial charge on any atom is -0.444 e. The molecule has 0 spiro atoms. The molecular formula is C18H29IN6O3. The third kappa shape index (κ3) is 4.96. The lowest BCUT2D eigenvalue weighted by molar-refractivity contribution is 0.0142. The second kappa shape index (κ2) is 9.12. The number of nitrogens with two attached hydrogens (primary N) is 1. The van der Waals surface area contributed by atoms with Gasteiger partial charge in [-0.25, -0.2) is 9.79 Å². The summed E-state index contributed by atoms with van der Waals surface area (Å²) in [6, 6.07) is -0.0760. The van der Waals surface area contributed by atoms with Crippen LogP contribution in [0.5, 0.6) is 0 Å². The van der Waals surface area contributed by atoms with E-state index in [-0.39, 0.29) is 24.0 Å². The Morgan fingerprint density at radius 2 is 2.18 bits per heavy atom. The summed E-state index contributed by atoms with van der Waals surface area (Å²) >= 11 is 2.17. The molecule has 9 nitrogen and oxygen atoms in total. The Hall–Kier alpha value is -1.82. The highest BCUT2D eigenvalue weighted by atomic mass is 127. The Labute approximate surface area is 179 Å². The van der Waals surface area contributed by atoms with Gasteiger partial charge in [-0.15, -0.1) is 0 Å². The maximum atomic E-state index is 12.7. The van der Waals surface area contributed by atoms with Crippen molar-refractivity contribution in [3.63, 3.8) is 0 Å². The predicted octanol–water partition coefficient (Wildman–Crippen LogP) is 2.35. The van der Waals surface area contributed by atoms with Crippen LogP contribution in [0.1, 0.15) is 34.1 Å². The van der Waals surface area contributed by atoms with Gasteiger partial charge in [0.1, 0.15) is 21.5 Å². The van der Waals surface area contributed by atoms with Crippen LogP contribution >= 0.6 is 22.6 Å². The van der Waals surface area contributed by atoms with Gasteiger partial charge < -0.3 is 20.1 Å². The van der Waals surface area contributed by atoms with Crippen LogP contribution in [0.25, 0.3) is 0 Å². The number of amidine groups is 1. The van der Waals surface area contributed by atoms with Crippen LogP contribution in [0, 0.1) is 5.41 Å². The third-order valence-electron chi connectivity index (χ3n) is 4.43. The summed E-state index contributed by atoms with van der Waals surface area (Å²) in [5.74, 6) is 0.276. The van der Waals surface area contributed by atoms with Gasteiger partial charge in [0.15, 0.2) is 0 Å². The summed E-state index contributed by atoms with van der Waals surface area (Å²) in [6.45, 7) is 8.41. The summed E-state index contributed by atoms with van der Waals surface area (Å²) in [5, 5.41) is 9.19. The van der Waals surface area contributed by atoms with Crippen molar-refractivity contribution >= 4 is 40.9 Å². The first-order chi connectivity index (χ1) is 13.1. The molecule has 0 bridgehead atoms. The van der Waals surface area contributed by atoms with Crippen molar-refractivity contribution in [2.24, 2.45) is 10.7 Å². The summed E-state index contributed by atoms with van der Waals surface area (Å²) in [4.78, 5) is 18.3. The number of hydrazine groups is 1. The van der Waals surface area contributed by atoms with Crippen LogP contribution in [0.2, 0.25) is 0 Å². The number of carbonyl (C=O) groups excluding carboxylic acids is 1. The molecular weight excluding hydrogens is 475 g/mol.